The Morgan fingerprint density at radius 1 is 1.12 bits per heavy atom. The third kappa shape index (κ3) is 3.21. The second kappa shape index (κ2) is 7.12. The minimum Gasteiger partial charge on any atom is -0.448 e. The summed E-state index contributed by atoms with van der Waals surface area (Å²) >= 11 is 0. The van der Waals surface area contributed by atoms with Gasteiger partial charge in [0, 0.05) is 12.0 Å². The van der Waals surface area contributed by atoms with Crippen molar-refractivity contribution in [1.29, 1.82) is 0 Å². The van der Waals surface area contributed by atoms with E-state index in [1.165, 1.54) is 22.3 Å². The normalized spacial score (nSPS) is 16.7. The predicted octanol–water partition coefficient (Wildman–Crippen LogP) is 4.17. The predicted molar refractivity (Wildman–Crippen MR) is 101 cm³/mol. The lowest BCUT2D eigenvalue weighted by Gasteiger charge is -2.25. The molecule has 1 atom stereocenters. The summed E-state index contributed by atoms with van der Waals surface area (Å²) in [7, 11) is 0. The highest BCUT2D eigenvalue weighted by Crippen LogP contribution is 2.44. The van der Waals surface area contributed by atoms with E-state index in [4.69, 9.17) is 4.74 Å². The number of rotatable bonds is 6. The number of aliphatic hydroxyl groups excluding tert-OH is 1. The van der Waals surface area contributed by atoms with Crippen LogP contribution in [-0.4, -0.2) is 41.4 Å². The van der Waals surface area contributed by atoms with Crippen molar-refractivity contribution in [3.05, 3.63) is 59.7 Å². The molecule has 0 saturated heterocycles. The fourth-order valence-electron chi connectivity index (χ4n) is 3.79. The fourth-order valence-corrected chi connectivity index (χ4v) is 3.79. The number of carbonyl (C=O) groups is 1. The van der Waals surface area contributed by atoms with Crippen LogP contribution < -0.4 is 0 Å². The molecule has 2 aromatic rings. The molecule has 4 heteroatoms. The summed E-state index contributed by atoms with van der Waals surface area (Å²) < 4.78 is 5.72. The summed E-state index contributed by atoms with van der Waals surface area (Å²) in [6, 6.07) is 16.9. The zero-order chi connectivity index (χ0) is 18.1. The molecule has 136 valence electrons. The number of benzene rings is 2. The Kier molecular flexibility index (Phi) is 4.68. The molecule has 0 spiro atoms. The van der Waals surface area contributed by atoms with Crippen LogP contribution >= 0.6 is 0 Å². The van der Waals surface area contributed by atoms with Gasteiger partial charge in [0.25, 0.3) is 0 Å². The average Bonchev–Trinajstić information content (AvgIpc) is 3.47. The zero-order valence-electron chi connectivity index (χ0n) is 15.1. The number of carbonyl (C=O) groups excluding carboxylic acids is 1. The monoisotopic (exact) mass is 351 g/mol. The van der Waals surface area contributed by atoms with Gasteiger partial charge in [-0.2, -0.15) is 0 Å². The molecule has 1 N–H and O–H groups in total. The number of fused-ring (bicyclic) bond motifs is 3. The maximum Gasteiger partial charge on any atom is 0.410 e. The van der Waals surface area contributed by atoms with Gasteiger partial charge in [0.15, 0.2) is 0 Å². The van der Waals surface area contributed by atoms with E-state index in [2.05, 4.69) is 24.3 Å². The molecule has 0 bridgehead atoms. The van der Waals surface area contributed by atoms with Crippen LogP contribution in [0.1, 0.15) is 43.2 Å². The smallest absolute Gasteiger partial charge is 0.410 e. The third-order valence-corrected chi connectivity index (χ3v) is 5.44. The molecule has 4 nitrogen and oxygen atoms in total. The van der Waals surface area contributed by atoms with E-state index in [1.807, 2.05) is 31.2 Å². The molecule has 0 radical (unpaired) electrons. The number of hydrogen-bond acceptors (Lipinski definition) is 3. The van der Waals surface area contributed by atoms with E-state index in [9.17, 15) is 9.90 Å². The second-order valence-corrected chi connectivity index (χ2v) is 7.25. The average molecular weight is 351 g/mol. The fraction of sp³-hybridized carbons (Fsp3) is 0.409. The Balaban J connectivity index is 1.50. The van der Waals surface area contributed by atoms with Gasteiger partial charge < -0.3 is 14.7 Å². The number of aliphatic hydroxyl groups is 1. The van der Waals surface area contributed by atoms with Gasteiger partial charge in [0.2, 0.25) is 0 Å². The molecular formula is C22H25NO3. The van der Waals surface area contributed by atoms with Crippen LogP contribution in [0.4, 0.5) is 4.79 Å². The first-order valence-electron chi connectivity index (χ1n) is 9.48. The standard InChI is InChI=1S/C22H25NO3/c1-2-16(24)13-23(15-11-12-15)22(25)26-14-21-19-9-5-3-7-17(19)18-8-4-6-10-20(18)21/h3-10,15-16,21,24H,2,11-14H2,1H3. The van der Waals surface area contributed by atoms with Crippen molar-refractivity contribution in [2.24, 2.45) is 0 Å². The number of hydrogen-bond donors (Lipinski definition) is 1. The lowest BCUT2D eigenvalue weighted by atomic mass is 9.98. The molecular weight excluding hydrogens is 326 g/mol. The Labute approximate surface area is 154 Å². The van der Waals surface area contributed by atoms with Gasteiger partial charge in [-0.15, -0.1) is 0 Å². The van der Waals surface area contributed by atoms with Crippen molar-refractivity contribution in [1.82, 2.24) is 4.90 Å². The van der Waals surface area contributed by atoms with Crippen LogP contribution in [0, 0.1) is 0 Å². The first-order chi connectivity index (χ1) is 12.7. The molecule has 1 unspecified atom stereocenters. The summed E-state index contributed by atoms with van der Waals surface area (Å²) in [6.07, 6.45) is 1.85. The molecule has 0 aromatic heterocycles. The summed E-state index contributed by atoms with van der Waals surface area (Å²) in [4.78, 5) is 14.4. The Hall–Kier alpha value is -2.33. The van der Waals surface area contributed by atoms with Gasteiger partial charge in [0.1, 0.15) is 6.61 Å². The summed E-state index contributed by atoms with van der Waals surface area (Å²) in [5, 5.41) is 9.94. The van der Waals surface area contributed by atoms with Crippen molar-refractivity contribution >= 4 is 6.09 Å². The number of nitrogens with zero attached hydrogens (tertiary/aromatic N) is 1. The quantitative estimate of drug-likeness (QED) is 0.850. The Morgan fingerprint density at radius 2 is 1.69 bits per heavy atom. The molecule has 1 fully saturated rings. The molecule has 26 heavy (non-hydrogen) atoms. The topological polar surface area (TPSA) is 49.8 Å². The molecule has 0 heterocycles. The SMILES string of the molecule is CCC(O)CN(C(=O)OCC1c2ccccc2-c2ccccc21)C1CC1. The Bertz CT molecular complexity index is 754. The lowest BCUT2D eigenvalue weighted by molar-refractivity contribution is 0.0671. The number of ether oxygens (including phenoxy) is 1. The van der Waals surface area contributed by atoms with Crippen molar-refractivity contribution in [3.8, 4) is 11.1 Å². The number of amides is 1. The van der Waals surface area contributed by atoms with Crippen LogP contribution in [0.25, 0.3) is 11.1 Å². The van der Waals surface area contributed by atoms with E-state index in [0.717, 1.165) is 12.8 Å². The molecule has 2 aliphatic carbocycles. The van der Waals surface area contributed by atoms with Crippen LogP contribution in [-0.2, 0) is 4.74 Å². The van der Waals surface area contributed by atoms with Gasteiger partial charge in [-0.1, -0.05) is 55.5 Å². The molecule has 2 aromatic carbocycles. The van der Waals surface area contributed by atoms with Gasteiger partial charge in [-0.05, 0) is 41.5 Å². The highest BCUT2D eigenvalue weighted by atomic mass is 16.6. The van der Waals surface area contributed by atoms with Crippen molar-refractivity contribution in [2.75, 3.05) is 13.2 Å². The van der Waals surface area contributed by atoms with Crippen LogP contribution in [0.3, 0.4) is 0 Å². The minimum absolute atomic E-state index is 0.0727. The maximum atomic E-state index is 12.6. The van der Waals surface area contributed by atoms with Gasteiger partial charge in [0.05, 0.1) is 12.6 Å². The van der Waals surface area contributed by atoms with Crippen molar-refractivity contribution < 1.29 is 14.6 Å². The zero-order valence-corrected chi connectivity index (χ0v) is 15.1. The molecule has 4 rings (SSSR count). The van der Waals surface area contributed by atoms with Gasteiger partial charge >= 0.3 is 6.09 Å². The van der Waals surface area contributed by atoms with E-state index < -0.39 is 6.10 Å². The van der Waals surface area contributed by atoms with Crippen molar-refractivity contribution in [3.63, 3.8) is 0 Å². The lowest BCUT2D eigenvalue weighted by Crippen LogP contribution is -2.39. The highest BCUT2D eigenvalue weighted by molar-refractivity contribution is 5.79. The van der Waals surface area contributed by atoms with Gasteiger partial charge in [-0.3, -0.25) is 0 Å². The first kappa shape index (κ1) is 17.1. The van der Waals surface area contributed by atoms with Crippen LogP contribution in [0.2, 0.25) is 0 Å². The molecule has 1 saturated carbocycles. The van der Waals surface area contributed by atoms with E-state index in [1.54, 1.807) is 4.90 Å². The maximum absolute atomic E-state index is 12.6. The molecule has 2 aliphatic rings. The third-order valence-electron chi connectivity index (χ3n) is 5.44. The van der Waals surface area contributed by atoms with E-state index in [0.29, 0.717) is 19.6 Å². The van der Waals surface area contributed by atoms with Crippen LogP contribution in [0.15, 0.2) is 48.5 Å². The van der Waals surface area contributed by atoms with Gasteiger partial charge in [-0.25, -0.2) is 4.79 Å². The summed E-state index contributed by atoms with van der Waals surface area (Å²) in [5.41, 5.74) is 4.88. The summed E-state index contributed by atoms with van der Waals surface area (Å²) in [6.45, 7) is 2.61. The highest BCUT2D eigenvalue weighted by Gasteiger charge is 2.36. The van der Waals surface area contributed by atoms with E-state index >= 15 is 0 Å². The largest absolute Gasteiger partial charge is 0.448 e. The molecule has 0 aliphatic heterocycles. The Morgan fingerprint density at radius 3 is 2.23 bits per heavy atom. The minimum atomic E-state index is -0.490. The van der Waals surface area contributed by atoms with E-state index in [-0.39, 0.29) is 18.1 Å². The van der Waals surface area contributed by atoms with Crippen LogP contribution in [0.5, 0.6) is 0 Å². The second-order valence-electron chi connectivity index (χ2n) is 7.25. The molecule has 1 amide bonds. The van der Waals surface area contributed by atoms with Crippen molar-refractivity contribution in [2.45, 2.75) is 44.2 Å². The first-order valence-corrected chi connectivity index (χ1v) is 9.48. The summed E-state index contributed by atoms with van der Waals surface area (Å²) in [5.74, 6) is 0.0727.